The van der Waals surface area contributed by atoms with Gasteiger partial charge in [-0.25, -0.2) is 0 Å². The van der Waals surface area contributed by atoms with Crippen molar-refractivity contribution in [2.24, 2.45) is 0 Å². The minimum atomic E-state index is -4.47. The van der Waals surface area contributed by atoms with Crippen LogP contribution in [0.3, 0.4) is 0 Å². The second kappa shape index (κ2) is 9.40. The standard InChI is InChI=1S/C20H18F5NO3/c1-12(14-4-3-5-15(11-14)20(23,24)25)26-18(27)9-7-13-6-8-16(29-19(21)22)17(10-13)28-2/h3-12,19H,1-2H3,(H,26,27)/b9-7+. The molecule has 2 aromatic rings. The van der Waals surface area contributed by atoms with Crippen LogP contribution in [0.15, 0.2) is 48.5 Å². The summed E-state index contributed by atoms with van der Waals surface area (Å²) in [5.41, 5.74) is -0.0214. The molecule has 1 N–H and O–H groups in total. The molecular formula is C20H18F5NO3. The van der Waals surface area contributed by atoms with Gasteiger partial charge < -0.3 is 14.8 Å². The zero-order valence-electron chi connectivity index (χ0n) is 15.5. The quantitative estimate of drug-likeness (QED) is 0.499. The van der Waals surface area contributed by atoms with Crippen LogP contribution in [0.2, 0.25) is 0 Å². The number of amides is 1. The molecule has 0 heterocycles. The van der Waals surface area contributed by atoms with E-state index < -0.39 is 30.3 Å². The van der Waals surface area contributed by atoms with Gasteiger partial charge in [-0.05, 0) is 48.4 Å². The Bertz CT molecular complexity index is 881. The fourth-order valence-corrected chi connectivity index (χ4v) is 2.48. The van der Waals surface area contributed by atoms with Crippen LogP contribution in [0.1, 0.15) is 29.7 Å². The van der Waals surface area contributed by atoms with E-state index in [0.717, 1.165) is 12.1 Å². The summed E-state index contributed by atoms with van der Waals surface area (Å²) < 4.78 is 72.4. The summed E-state index contributed by atoms with van der Waals surface area (Å²) in [6.45, 7) is -1.45. The monoisotopic (exact) mass is 415 g/mol. The second-order valence-electron chi connectivity index (χ2n) is 5.98. The minimum Gasteiger partial charge on any atom is -0.493 e. The summed E-state index contributed by atoms with van der Waals surface area (Å²) in [6, 6.07) is 8.13. The van der Waals surface area contributed by atoms with Gasteiger partial charge in [0.25, 0.3) is 0 Å². The lowest BCUT2D eigenvalue weighted by atomic mass is 10.0. The highest BCUT2D eigenvalue weighted by atomic mass is 19.4. The van der Waals surface area contributed by atoms with E-state index in [0.29, 0.717) is 11.1 Å². The predicted octanol–water partition coefficient (Wildman–Crippen LogP) is 5.21. The zero-order valence-corrected chi connectivity index (χ0v) is 15.5. The van der Waals surface area contributed by atoms with E-state index in [2.05, 4.69) is 10.1 Å². The average Bonchev–Trinajstić information content (AvgIpc) is 2.66. The largest absolute Gasteiger partial charge is 0.493 e. The van der Waals surface area contributed by atoms with Crippen molar-refractivity contribution >= 4 is 12.0 Å². The molecule has 0 aliphatic rings. The fourth-order valence-electron chi connectivity index (χ4n) is 2.48. The lowest BCUT2D eigenvalue weighted by Gasteiger charge is -2.15. The molecule has 1 amide bonds. The van der Waals surface area contributed by atoms with Gasteiger partial charge >= 0.3 is 12.8 Å². The first-order valence-corrected chi connectivity index (χ1v) is 8.38. The van der Waals surface area contributed by atoms with Gasteiger partial charge in [-0.2, -0.15) is 22.0 Å². The second-order valence-corrected chi connectivity index (χ2v) is 5.98. The van der Waals surface area contributed by atoms with Gasteiger partial charge in [-0.3, -0.25) is 4.79 Å². The summed E-state index contributed by atoms with van der Waals surface area (Å²) >= 11 is 0. The first-order valence-electron chi connectivity index (χ1n) is 8.38. The summed E-state index contributed by atoms with van der Waals surface area (Å²) in [4.78, 5) is 12.1. The molecular weight excluding hydrogens is 397 g/mol. The minimum absolute atomic E-state index is 0.0604. The van der Waals surface area contributed by atoms with Crippen LogP contribution in [0, 0.1) is 0 Å². The Kier molecular flexibility index (Phi) is 7.19. The van der Waals surface area contributed by atoms with Crippen molar-refractivity contribution in [3.05, 3.63) is 65.2 Å². The third-order valence-corrected chi connectivity index (χ3v) is 3.90. The Morgan fingerprint density at radius 3 is 2.45 bits per heavy atom. The molecule has 4 nitrogen and oxygen atoms in total. The van der Waals surface area contributed by atoms with Crippen molar-refractivity contribution in [1.82, 2.24) is 5.32 Å². The van der Waals surface area contributed by atoms with Crippen LogP contribution in [-0.2, 0) is 11.0 Å². The lowest BCUT2D eigenvalue weighted by molar-refractivity contribution is -0.137. The molecule has 2 rings (SSSR count). The van der Waals surface area contributed by atoms with E-state index in [-0.39, 0.29) is 11.5 Å². The van der Waals surface area contributed by atoms with Crippen molar-refractivity contribution in [3.63, 3.8) is 0 Å². The molecule has 0 aliphatic carbocycles. The molecule has 1 atom stereocenters. The van der Waals surface area contributed by atoms with Crippen LogP contribution in [0.5, 0.6) is 11.5 Å². The van der Waals surface area contributed by atoms with Gasteiger partial charge in [-0.1, -0.05) is 18.2 Å². The van der Waals surface area contributed by atoms with Crippen LogP contribution >= 0.6 is 0 Å². The summed E-state index contributed by atoms with van der Waals surface area (Å²) in [5.74, 6) is -0.630. The third kappa shape index (κ3) is 6.48. The van der Waals surface area contributed by atoms with E-state index in [4.69, 9.17) is 4.74 Å². The molecule has 1 unspecified atom stereocenters. The van der Waals surface area contributed by atoms with Crippen molar-refractivity contribution in [3.8, 4) is 11.5 Å². The highest BCUT2D eigenvalue weighted by molar-refractivity contribution is 5.92. The first-order chi connectivity index (χ1) is 13.6. The number of halogens is 5. The predicted molar refractivity (Wildman–Crippen MR) is 96.7 cm³/mol. The van der Waals surface area contributed by atoms with E-state index in [1.54, 1.807) is 6.92 Å². The number of alkyl halides is 5. The van der Waals surface area contributed by atoms with Gasteiger partial charge in [0.2, 0.25) is 5.91 Å². The molecule has 0 saturated carbocycles. The average molecular weight is 415 g/mol. The number of methoxy groups -OCH3 is 1. The highest BCUT2D eigenvalue weighted by Crippen LogP contribution is 2.31. The topological polar surface area (TPSA) is 47.6 Å². The van der Waals surface area contributed by atoms with E-state index in [9.17, 15) is 26.7 Å². The number of benzene rings is 2. The molecule has 0 radical (unpaired) electrons. The van der Waals surface area contributed by atoms with E-state index in [1.165, 1.54) is 49.6 Å². The van der Waals surface area contributed by atoms with Crippen LogP contribution < -0.4 is 14.8 Å². The number of rotatable bonds is 7. The number of carbonyl (C=O) groups excluding carboxylic acids is 1. The zero-order chi connectivity index (χ0) is 21.6. The Morgan fingerprint density at radius 2 is 1.83 bits per heavy atom. The smallest absolute Gasteiger partial charge is 0.416 e. The number of ether oxygens (including phenoxy) is 2. The van der Waals surface area contributed by atoms with Gasteiger partial charge in [0.15, 0.2) is 11.5 Å². The molecule has 0 fully saturated rings. The van der Waals surface area contributed by atoms with Gasteiger partial charge in [0.05, 0.1) is 18.7 Å². The maximum atomic E-state index is 12.8. The maximum absolute atomic E-state index is 12.8. The highest BCUT2D eigenvalue weighted by Gasteiger charge is 2.30. The molecule has 0 saturated heterocycles. The Morgan fingerprint density at radius 1 is 1.10 bits per heavy atom. The first kappa shape index (κ1) is 22.2. The molecule has 9 heteroatoms. The lowest BCUT2D eigenvalue weighted by Crippen LogP contribution is -2.24. The number of hydrogen-bond acceptors (Lipinski definition) is 3. The molecule has 0 bridgehead atoms. The summed E-state index contributed by atoms with van der Waals surface area (Å²) in [6.07, 6.45) is -1.89. The van der Waals surface area contributed by atoms with E-state index >= 15 is 0 Å². The van der Waals surface area contributed by atoms with Crippen molar-refractivity contribution < 1.29 is 36.2 Å². The van der Waals surface area contributed by atoms with Crippen molar-refractivity contribution in [2.45, 2.75) is 25.8 Å². The maximum Gasteiger partial charge on any atom is 0.416 e. The van der Waals surface area contributed by atoms with Crippen LogP contribution in [-0.4, -0.2) is 19.6 Å². The number of nitrogens with one attached hydrogen (secondary N) is 1. The van der Waals surface area contributed by atoms with Gasteiger partial charge in [0, 0.05) is 6.08 Å². The molecule has 156 valence electrons. The molecule has 29 heavy (non-hydrogen) atoms. The van der Waals surface area contributed by atoms with Crippen LogP contribution in [0.4, 0.5) is 22.0 Å². The normalized spacial score (nSPS) is 12.8. The summed E-state index contributed by atoms with van der Waals surface area (Å²) in [5, 5.41) is 2.56. The fraction of sp³-hybridized carbons (Fsp3) is 0.250. The molecule has 2 aromatic carbocycles. The SMILES string of the molecule is COc1cc(/C=C/C(=O)NC(C)c2cccc(C(F)(F)F)c2)ccc1OC(F)F. The van der Waals surface area contributed by atoms with Crippen LogP contribution in [0.25, 0.3) is 6.08 Å². The van der Waals surface area contributed by atoms with Gasteiger partial charge in [-0.15, -0.1) is 0 Å². The number of hydrogen-bond donors (Lipinski definition) is 1. The molecule has 0 aromatic heterocycles. The molecule has 0 spiro atoms. The van der Waals surface area contributed by atoms with Crippen molar-refractivity contribution in [1.29, 1.82) is 0 Å². The third-order valence-electron chi connectivity index (χ3n) is 3.90. The van der Waals surface area contributed by atoms with Gasteiger partial charge in [0.1, 0.15) is 0 Å². The Hall–Kier alpha value is -3.10. The van der Waals surface area contributed by atoms with E-state index in [1.807, 2.05) is 0 Å². The summed E-state index contributed by atoms with van der Waals surface area (Å²) in [7, 11) is 1.28. The Balaban J connectivity index is 2.06. The van der Waals surface area contributed by atoms with Crippen molar-refractivity contribution in [2.75, 3.05) is 7.11 Å². The Labute approximate surface area is 163 Å². The number of carbonyl (C=O) groups is 1. The molecule has 0 aliphatic heterocycles.